The lowest BCUT2D eigenvalue weighted by molar-refractivity contribution is -0.137. The number of hydrogen-bond donors (Lipinski definition) is 1. The molecular formula is C12H25NO4S. The van der Waals surface area contributed by atoms with Crippen molar-refractivity contribution in [3.05, 3.63) is 0 Å². The maximum absolute atomic E-state index is 12.2. The summed E-state index contributed by atoms with van der Waals surface area (Å²) in [6.45, 7) is 9.30. The van der Waals surface area contributed by atoms with Gasteiger partial charge in [0.1, 0.15) is 0 Å². The van der Waals surface area contributed by atoms with E-state index in [1.807, 2.05) is 13.8 Å². The molecule has 0 bridgehead atoms. The fourth-order valence-electron chi connectivity index (χ4n) is 1.58. The van der Waals surface area contributed by atoms with E-state index in [0.29, 0.717) is 12.3 Å². The highest BCUT2D eigenvalue weighted by Crippen LogP contribution is 2.20. The summed E-state index contributed by atoms with van der Waals surface area (Å²) >= 11 is 0. The molecule has 0 atom stereocenters. The van der Waals surface area contributed by atoms with Crippen LogP contribution in [0.3, 0.4) is 0 Å². The highest BCUT2D eigenvalue weighted by Gasteiger charge is 2.32. The molecule has 0 spiro atoms. The van der Waals surface area contributed by atoms with Crippen LogP contribution in [-0.4, -0.2) is 41.6 Å². The fraction of sp³-hybridized carbons (Fsp3) is 0.917. The van der Waals surface area contributed by atoms with Crippen LogP contribution in [0.25, 0.3) is 0 Å². The molecular weight excluding hydrogens is 254 g/mol. The Morgan fingerprint density at radius 2 is 1.78 bits per heavy atom. The van der Waals surface area contributed by atoms with Crippen molar-refractivity contribution in [2.24, 2.45) is 5.92 Å². The monoisotopic (exact) mass is 279 g/mol. The lowest BCUT2D eigenvalue weighted by Gasteiger charge is -2.34. The Hall–Kier alpha value is -0.620. The Balaban J connectivity index is 4.89. The largest absolute Gasteiger partial charge is 0.481 e. The van der Waals surface area contributed by atoms with E-state index in [-0.39, 0.29) is 18.7 Å². The molecule has 0 aliphatic heterocycles. The van der Waals surface area contributed by atoms with Gasteiger partial charge < -0.3 is 5.11 Å². The summed E-state index contributed by atoms with van der Waals surface area (Å²) < 4.78 is 25.8. The number of carboxylic acids is 1. The molecule has 0 heterocycles. The maximum atomic E-state index is 12.2. The van der Waals surface area contributed by atoms with Crippen LogP contribution in [0, 0.1) is 5.92 Å². The molecule has 0 aromatic heterocycles. The van der Waals surface area contributed by atoms with Gasteiger partial charge in [-0.15, -0.1) is 0 Å². The third kappa shape index (κ3) is 6.35. The summed E-state index contributed by atoms with van der Waals surface area (Å²) in [5, 5.41) is 8.69. The number of sulfonamides is 1. The lowest BCUT2D eigenvalue weighted by Crippen LogP contribution is -2.47. The first kappa shape index (κ1) is 17.4. The van der Waals surface area contributed by atoms with Crippen LogP contribution >= 0.6 is 0 Å². The molecule has 0 saturated carbocycles. The number of carbonyl (C=O) groups is 1. The molecule has 0 aliphatic carbocycles. The normalized spacial score (nSPS) is 13.3. The molecule has 108 valence electrons. The van der Waals surface area contributed by atoms with Crippen molar-refractivity contribution in [1.82, 2.24) is 4.31 Å². The van der Waals surface area contributed by atoms with E-state index in [9.17, 15) is 13.2 Å². The molecule has 0 saturated heterocycles. The van der Waals surface area contributed by atoms with Crippen molar-refractivity contribution < 1.29 is 18.3 Å². The van der Waals surface area contributed by atoms with E-state index in [4.69, 9.17) is 5.11 Å². The highest BCUT2D eigenvalue weighted by molar-refractivity contribution is 7.89. The van der Waals surface area contributed by atoms with E-state index in [2.05, 4.69) is 0 Å². The zero-order valence-corrected chi connectivity index (χ0v) is 12.7. The Bertz CT molecular complexity index is 368. The van der Waals surface area contributed by atoms with Gasteiger partial charge in [-0.1, -0.05) is 13.8 Å². The Kier molecular flexibility index (Phi) is 6.29. The Morgan fingerprint density at radius 3 is 2.11 bits per heavy atom. The van der Waals surface area contributed by atoms with Gasteiger partial charge in [-0.2, -0.15) is 4.31 Å². The van der Waals surface area contributed by atoms with Crippen LogP contribution in [0.4, 0.5) is 0 Å². The molecule has 6 heteroatoms. The molecule has 0 aliphatic rings. The second kappa shape index (κ2) is 6.52. The summed E-state index contributed by atoms with van der Waals surface area (Å²) in [4.78, 5) is 10.6. The second-order valence-electron chi connectivity index (χ2n) is 5.89. The van der Waals surface area contributed by atoms with Crippen molar-refractivity contribution >= 4 is 16.0 Å². The summed E-state index contributed by atoms with van der Waals surface area (Å²) in [5.74, 6) is -0.606. The molecule has 0 rings (SSSR count). The molecule has 0 radical (unpaired) electrons. The van der Waals surface area contributed by atoms with E-state index in [0.717, 1.165) is 0 Å². The van der Waals surface area contributed by atoms with Gasteiger partial charge in [-0.05, 0) is 33.1 Å². The molecule has 0 aromatic rings. The fourth-order valence-corrected chi connectivity index (χ4v) is 3.78. The van der Waals surface area contributed by atoms with Crippen molar-refractivity contribution in [3.8, 4) is 0 Å². The second-order valence-corrected chi connectivity index (χ2v) is 7.90. The van der Waals surface area contributed by atoms with Crippen LogP contribution in [0.2, 0.25) is 0 Å². The highest BCUT2D eigenvalue weighted by atomic mass is 32.2. The zero-order chi connectivity index (χ0) is 14.6. The van der Waals surface area contributed by atoms with Gasteiger partial charge in [0, 0.05) is 12.1 Å². The first-order valence-corrected chi connectivity index (χ1v) is 7.80. The Labute approximate surface area is 110 Å². The van der Waals surface area contributed by atoms with E-state index < -0.39 is 21.5 Å². The summed E-state index contributed by atoms with van der Waals surface area (Å²) in [7, 11) is -3.40. The van der Waals surface area contributed by atoms with Crippen molar-refractivity contribution in [2.45, 2.75) is 53.0 Å². The predicted octanol–water partition coefficient (Wildman–Crippen LogP) is 1.94. The van der Waals surface area contributed by atoms with Crippen LogP contribution < -0.4 is 0 Å². The van der Waals surface area contributed by atoms with Crippen molar-refractivity contribution in [3.63, 3.8) is 0 Å². The first-order valence-electron chi connectivity index (χ1n) is 6.19. The quantitative estimate of drug-likeness (QED) is 0.772. The van der Waals surface area contributed by atoms with Crippen LogP contribution in [-0.2, 0) is 14.8 Å². The van der Waals surface area contributed by atoms with E-state index in [1.54, 1.807) is 20.8 Å². The number of nitrogens with zero attached hydrogens (tertiary/aromatic N) is 1. The predicted molar refractivity (Wildman–Crippen MR) is 72.0 cm³/mol. The molecule has 5 nitrogen and oxygen atoms in total. The molecule has 0 fully saturated rings. The van der Waals surface area contributed by atoms with Crippen molar-refractivity contribution in [2.75, 3.05) is 12.3 Å². The number of rotatable bonds is 7. The van der Waals surface area contributed by atoms with Gasteiger partial charge in [-0.3, -0.25) is 4.79 Å². The molecule has 1 N–H and O–H groups in total. The van der Waals surface area contributed by atoms with Gasteiger partial charge in [0.2, 0.25) is 10.0 Å². The minimum absolute atomic E-state index is 0.0270. The topological polar surface area (TPSA) is 74.7 Å². The molecule has 0 amide bonds. The summed E-state index contributed by atoms with van der Waals surface area (Å²) in [6, 6.07) is 0. The smallest absolute Gasteiger partial charge is 0.304 e. The minimum Gasteiger partial charge on any atom is -0.481 e. The van der Waals surface area contributed by atoms with Gasteiger partial charge >= 0.3 is 5.97 Å². The standard InChI is InChI=1S/C12H25NO4S/c1-10(2)7-9-18(16,17)13(12(3,4)5)8-6-11(14)15/h10H,6-9H2,1-5H3,(H,14,15). The number of hydrogen-bond acceptors (Lipinski definition) is 3. The third-order valence-corrected chi connectivity index (χ3v) is 4.72. The molecule has 0 unspecified atom stereocenters. The summed E-state index contributed by atoms with van der Waals surface area (Å²) in [5.41, 5.74) is -0.592. The minimum atomic E-state index is -3.40. The first-order chi connectivity index (χ1) is 7.97. The SMILES string of the molecule is CC(C)CCS(=O)(=O)N(CCC(=O)O)C(C)(C)C. The summed E-state index contributed by atoms with van der Waals surface area (Å²) in [6.07, 6.45) is 0.417. The zero-order valence-electron chi connectivity index (χ0n) is 11.9. The average Bonchev–Trinajstić information content (AvgIpc) is 2.12. The van der Waals surface area contributed by atoms with E-state index >= 15 is 0 Å². The van der Waals surface area contributed by atoms with Gasteiger partial charge in [-0.25, -0.2) is 8.42 Å². The van der Waals surface area contributed by atoms with Crippen LogP contribution in [0.5, 0.6) is 0 Å². The molecule has 18 heavy (non-hydrogen) atoms. The van der Waals surface area contributed by atoms with Gasteiger partial charge in [0.05, 0.1) is 12.2 Å². The third-order valence-electron chi connectivity index (χ3n) is 2.57. The van der Waals surface area contributed by atoms with Crippen molar-refractivity contribution in [1.29, 1.82) is 0 Å². The lowest BCUT2D eigenvalue weighted by atomic mass is 10.1. The van der Waals surface area contributed by atoms with Gasteiger partial charge in [0.25, 0.3) is 0 Å². The average molecular weight is 279 g/mol. The molecule has 0 aromatic carbocycles. The number of carboxylic acid groups (broad SMARTS) is 1. The Morgan fingerprint density at radius 1 is 1.28 bits per heavy atom. The maximum Gasteiger partial charge on any atom is 0.304 e. The van der Waals surface area contributed by atoms with E-state index in [1.165, 1.54) is 4.31 Å². The van der Waals surface area contributed by atoms with Gasteiger partial charge in [0.15, 0.2) is 0 Å². The van der Waals surface area contributed by atoms with Crippen LogP contribution in [0.15, 0.2) is 0 Å². The number of aliphatic carboxylic acids is 1. The van der Waals surface area contributed by atoms with Crippen LogP contribution in [0.1, 0.15) is 47.5 Å².